The monoisotopic (exact) mass is 825 g/mol. The number of phenols is 1. The molecule has 0 fully saturated rings. The predicted molar refractivity (Wildman–Crippen MR) is 175 cm³/mol. The first-order valence-electron chi connectivity index (χ1n) is 14.0. The molecule has 0 aliphatic rings. The minimum atomic E-state index is -5.62. The topological polar surface area (TPSA) is 383 Å². The van der Waals surface area contributed by atoms with E-state index in [1.165, 1.54) is 13.2 Å². The quantitative estimate of drug-likeness (QED) is 0.0387. The number of anilines is 4. The number of aromatic hydroxyl groups is 2. The van der Waals surface area contributed by atoms with Crippen molar-refractivity contribution < 1.29 is 130 Å². The van der Waals surface area contributed by atoms with Crippen molar-refractivity contribution in [3.05, 3.63) is 65.7 Å². The molecule has 0 saturated heterocycles. The summed E-state index contributed by atoms with van der Waals surface area (Å²) in [5.74, 6) is -5.79. The van der Waals surface area contributed by atoms with Gasteiger partial charge in [-0.2, -0.15) is 20.1 Å². The number of carboxylic acids is 2. The molecule has 23 nitrogen and oxygen atoms in total. The Balaban J connectivity index is 0.00000374. The van der Waals surface area contributed by atoms with Crippen LogP contribution in [0.2, 0.25) is 0 Å². The molecule has 5 rings (SSSR count). The average molecular weight is 826 g/mol. The van der Waals surface area contributed by atoms with Gasteiger partial charge < -0.3 is 49.5 Å². The van der Waals surface area contributed by atoms with Crippen molar-refractivity contribution in [2.75, 3.05) is 17.7 Å². The van der Waals surface area contributed by atoms with Crippen LogP contribution in [-0.2, 0) is 30.4 Å². The maximum Gasteiger partial charge on any atom is 1.00 e. The molecule has 5 aromatic rings. The minimum Gasteiger partial charge on any atom is -0.744 e. The van der Waals surface area contributed by atoms with Crippen LogP contribution in [0.1, 0.15) is 20.7 Å². The molecular weight excluding hydrogens is 807 g/mol. The van der Waals surface area contributed by atoms with Crippen LogP contribution in [0.15, 0.2) is 79.5 Å². The number of hydrogen-bond donors (Lipinski definition) is 6. The Morgan fingerprint density at radius 2 is 1.23 bits per heavy atom. The number of nitrogens with zero attached hydrogens (tertiary/aromatic N) is 5. The fraction of sp³-hybridized carbons (Fsp3) is 0.0357. The van der Waals surface area contributed by atoms with Crippen LogP contribution in [0.25, 0.3) is 10.8 Å². The van der Waals surface area contributed by atoms with Crippen LogP contribution in [0, 0.1) is 0 Å². The van der Waals surface area contributed by atoms with Crippen molar-refractivity contribution in [1.82, 2.24) is 15.0 Å². The standard InChI is InChI=1S/C28H21N7O16S3.3Li/c1-51-15-2-3-17(19(9-15)53(45,46)47)29-26-31-27(33-28(41)32-26)30-18-10-16(52(42,43)44)7-11-8-20(54(48,49)50)22(23(36)21(11)18)35-34-14-5-12(24(37)38)4-13(6-14)25(39)40;;;/h2-10,36H,1H3,(H,37,38)(H,39,40)(H,42,43,44)(H,45,46,47)(H,48,49,50)(H3,29,30,31,32,33,41);;;/q;3*+1/p-3. The van der Waals surface area contributed by atoms with Crippen molar-refractivity contribution in [2.24, 2.45) is 10.2 Å². The van der Waals surface area contributed by atoms with Crippen molar-refractivity contribution in [3.8, 4) is 17.5 Å². The molecule has 0 amide bonds. The number of aromatic carboxylic acids is 2. The molecule has 4 aromatic carbocycles. The van der Waals surface area contributed by atoms with Crippen LogP contribution < -0.4 is 72.0 Å². The number of aromatic nitrogens is 3. The molecule has 0 aliphatic carbocycles. The van der Waals surface area contributed by atoms with Crippen LogP contribution in [0.4, 0.5) is 34.6 Å². The first-order valence-corrected chi connectivity index (χ1v) is 18.2. The summed E-state index contributed by atoms with van der Waals surface area (Å²) in [6, 6.07) is 6.24. The first-order chi connectivity index (χ1) is 25.0. The van der Waals surface area contributed by atoms with E-state index in [2.05, 4.69) is 35.8 Å². The Hall–Kier alpha value is -4.79. The number of ether oxygens (including phenoxy) is 1. The van der Waals surface area contributed by atoms with Crippen LogP contribution >= 0.6 is 0 Å². The summed E-state index contributed by atoms with van der Waals surface area (Å²) in [6.45, 7) is 0. The molecule has 29 heteroatoms. The molecule has 57 heavy (non-hydrogen) atoms. The third-order valence-electron chi connectivity index (χ3n) is 6.93. The van der Waals surface area contributed by atoms with Crippen molar-refractivity contribution in [3.63, 3.8) is 0 Å². The summed E-state index contributed by atoms with van der Waals surface area (Å²) in [5, 5.41) is 51.0. The summed E-state index contributed by atoms with van der Waals surface area (Å²) in [6.07, 6.45) is 0. The van der Waals surface area contributed by atoms with E-state index < -0.39 is 125 Å². The van der Waals surface area contributed by atoms with Crippen molar-refractivity contribution in [1.29, 1.82) is 0 Å². The Kier molecular flexibility index (Phi) is 15.4. The van der Waals surface area contributed by atoms with Crippen molar-refractivity contribution in [2.45, 2.75) is 14.7 Å². The third kappa shape index (κ3) is 11.2. The number of nitrogens with one attached hydrogen (secondary N) is 2. The second kappa shape index (κ2) is 18.2. The average Bonchev–Trinajstić information content (AvgIpc) is 3.05. The number of rotatable bonds is 12. The van der Waals surface area contributed by atoms with E-state index >= 15 is 0 Å². The van der Waals surface area contributed by atoms with Crippen LogP contribution in [0.5, 0.6) is 17.5 Å². The van der Waals surface area contributed by atoms with E-state index in [-0.39, 0.29) is 62.3 Å². The number of hydrogen-bond acceptors (Lipinski definition) is 21. The number of carboxylic acid groups (broad SMARTS) is 2. The number of methoxy groups -OCH3 is 1. The predicted octanol–water partition coefficient (Wildman–Crippen LogP) is -6.53. The van der Waals surface area contributed by atoms with Crippen LogP contribution in [0.3, 0.4) is 0 Å². The fourth-order valence-electron chi connectivity index (χ4n) is 4.67. The van der Waals surface area contributed by atoms with Gasteiger partial charge in [-0.05, 0) is 60.0 Å². The van der Waals surface area contributed by atoms with E-state index in [1.54, 1.807) is 0 Å². The number of phenolic OH excluding ortho intramolecular Hbond substituents is 1. The van der Waals surface area contributed by atoms with Gasteiger partial charge in [-0.3, -0.25) is 0 Å². The van der Waals surface area contributed by atoms with Gasteiger partial charge in [-0.15, -0.1) is 5.11 Å². The Labute approximate surface area is 356 Å². The van der Waals surface area contributed by atoms with E-state index in [0.717, 1.165) is 30.3 Å². The van der Waals surface area contributed by atoms with Gasteiger partial charge in [-0.1, -0.05) is 0 Å². The Morgan fingerprint density at radius 3 is 1.72 bits per heavy atom. The molecule has 0 radical (unpaired) electrons. The molecule has 6 N–H and O–H groups in total. The summed E-state index contributed by atoms with van der Waals surface area (Å²) in [7, 11) is -14.9. The normalized spacial score (nSPS) is 11.5. The summed E-state index contributed by atoms with van der Waals surface area (Å²) in [4.78, 5) is 30.8. The van der Waals surface area contributed by atoms with E-state index in [4.69, 9.17) is 4.74 Å². The first kappa shape index (κ1) is 48.4. The van der Waals surface area contributed by atoms with Gasteiger partial charge in [0.05, 0.1) is 50.0 Å². The number of fused-ring (bicyclic) bond motifs is 1. The Bertz CT molecular complexity index is 2760. The van der Waals surface area contributed by atoms with E-state index in [0.29, 0.717) is 18.2 Å². The fourth-order valence-corrected chi connectivity index (χ4v) is 6.50. The maximum atomic E-state index is 12.3. The number of carbonyl (C=O) groups is 2. The van der Waals surface area contributed by atoms with Gasteiger partial charge in [-0.25, -0.2) is 34.8 Å². The zero-order valence-corrected chi connectivity index (χ0v) is 31.8. The van der Waals surface area contributed by atoms with Gasteiger partial charge in [0.15, 0.2) is 5.75 Å². The molecular formula is C28H18Li3N7O16S3. The molecule has 0 atom stereocenters. The Morgan fingerprint density at radius 1 is 0.684 bits per heavy atom. The van der Waals surface area contributed by atoms with Gasteiger partial charge in [0.2, 0.25) is 11.9 Å². The summed E-state index contributed by atoms with van der Waals surface area (Å²) < 4.78 is 114. The number of azo groups is 1. The zero-order chi connectivity index (χ0) is 39.9. The molecule has 0 unspecified atom stereocenters. The summed E-state index contributed by atoms with van der Waals surface area (Å²) >= 11 is 0. The second-order valence-electron chi connectivity index (χ2n) is 10.5. The zero-order valence-electron chi connectivity index (χ0n) is 29.3. The van der Waals surface area contributed by atoms with Gasteiger partial charge in [0.25, 0.3) is 0 Å². The molecule has 0 spiro atoms. The van der Waals surface area contributed by atoms with Gasteiger partial charge >= 0.3 is 74.5 Å². The van der Waals surface area contributed by atoms with Gasteiger partial charge in [0.1, 0.15) is 41.8 Å². The smallest absolute Gasteiger partial charge is 0.744 e. The van der Waals surface area contributed by atoms with Gasteiger partial charge in [0, 0.05) is 5.39 Å². The summed E-state index contributed by atoms with van der Waals surface area (Å²) in [5.41, 5.74) is -3.84. The minimum absolute atomic E-state index is 0. The van der Waals surface area contributed by atoms with Crippen LogP contribution in [-0.4, -0.2) is 93.3 Å². The molecule has 0 aliphatic heterocycles. The van der Waals surface area contributed by atoms with E-state index in [1.807, 2.05) is 0 Å². The largest absolute Gasteiger partial charge is 1.00 e. The molecule has 1 aromatic heterocycles. The van der Waals surface area contributed by atoms with E-state index in [9.17, 15) is 68.9 Å². The molecule has 1 heterocycles. The third-order valence-corrected chi connectivity index (χ3v) is 9.47. The SMILES string of the molecule is COc1ccc(Nc2nc(O)nc(Nc3cc(S(=O)(=O)[O-])cc4cc(S(=O)(=O)[O-])c(N=Nc5cc(C(=O)O)cc(C(=O)O)c5)c(O)c34)n2)c(S(=O)(=O)[O-])c1.[Li+].[Li+].[Li+]. The second-order valence-corrected chi connectivity index (χ2v) is 14.6. The maximum absolute atomic E-state index is 12.3. The molecule has 0 bridgehead atoms. The molecule has 0 saturated carbocycles. The van der Waals surface area contributed by atoms with Crippen molar-refractivity contribution >= 4 is 87.7 Å². The number of benzene rings is 4. The molecule has 282 valence electrons.